The van der Waals surface area contributed by atoms with Crippen LogP contribution in [0.5, 0.6) is 0 Å². The van der Waals surface area contributed by atoms with Crippen molar-refractivity contribution in [2.75, 3.05) is 0 Å². The van der Waals surface area contributed by atoms with Gasteiger partial charge in [0.25, 0.3) is 5.69 Å². The minimum Gasteiger partial charge on any atom is -0.309 e. The van der Waals surface area contributed by atoms with Gasteiger partial charge in [0.2, 0.25) is 0 Å². The monoisotopic (exact) mass is 360 g/mol. The van der Waals surface area contributed by atoms with Gasteiger partial charge in [-0.3, -0.25) is 10.1 Å². The first-order chi connectivity index (χ1) is 11.5. The first kappa shape index (κ1) is 16.5. The SMILES string of the molecule is Cn1c(Cc2ccccc2)nnc1Sc1ccc([N+](=O)[O-])cc1Cl. The smallest absolute Gasteiger partial charge is 0.270 e. The molecule has 0 aliphatic heterocycles. The van der Waals surface area contributed by atoms with Crippen LogP contribution in [0.4, 0.5) is 5.69 Å². The molecule has 0 spiro atoms. The Morgan fingerprint density at radius 3 is 2.62 bits per heavy atom. The molecule has 122 valence electrons. The maximum atomic E-state index is 10.8. The van der Waals surface area contributed by atoms with Crippen LogP contribution < -0.4 is 0 Å². The Kier molecular flexibility index (Phi) is 4.82. The highest BCUT2D eigenvalue weighted by Gasteiger charge is 2.15. The number of non-ortho nitro benzene ring substituents is 1. The highest BCUT2D eigenvalue weighted by Crippen LogP contribution is 2.34. The molecule has 2 aromatic carbocycles. The van der Waals surface area contributed by atoms with Gasteiger partial charge in [-0.15, -0.1) is 10.2 Å². The molecule has 0 amide bonds. The average Bonchev–Trinajstić information content (AvgIpc) is 2.91. The van der Waals surface area contributed by atoms with Crippen molar-refractivity contribution in [2.24, 2.45) is 7.05 Å². The number of benzene rings is 2. The van der Waals surface area contributed by atoms with Gasteiger partial charge in [-0.2, -0.15) is 0 Å². The second kappa shape index (κ2) is 7.02. The Bertz CT molecular complexity index is 883. The lowest BCUT2D eigenvalue weighted by Gasteiger charge is -2.05. The maximum absolute atomic E-state index is 10.8. The fraction of sp³-hybridized carbons (Fsp3) is 0.125. The molecule has 0 bridgehead atoms. The number of hydrogen-bond donors (Lipinski definition) is 0. The van der Waals surface area contributed by atoms with Gasteiger partial charge in [0, 0.05) is 30.5 Å². The molecule has 0 radical (unpaired) electrons. The number of hydrogen-bond acceptors (Lipinski definition) is 5. The Morgan fingerprint density at radius 2 is 1.96 bits per heavy atom. The van der Waals surface area contributed by atoms with E-state index >= 15 is 0 Å². The van der Waals surface area contributed by atoms with Crippen molar-refractivity contribution in [3.8, 4) is 0 Å². The van der Waals surface area contributed by atoms with Crippen molar-refractivity contribution >= 4 is 29.1 Å². The van der Waals surface area contributed by atoms with E-state index < -0.39 is 4.92 Å². The van der Waals surface area contributed by atoms with Gasteiger partial charge in [0.05, 0.1) is 9.95 Å². The molecule has 8 heteroatoms. The van der Waals surface area contributed by atoms with Crippen LogP contribution in [0.25, 0.3) is 0 Å². The van der Waals surface area contributed by atoms with E-state index in [1.165, 1.54) is 23.9 Å². The molecule has 0 saturated heterocycles. The van der Waals surface area contributed by atoms with Gasteiger partial charge >= 0.3 is 0 Å². The number of halogens is 1. The molecule has 0 aliphatic rings. The lowest BCUT2D eigenvalue weighted by Crippen LogP contribution is -2.00. The second-order valence-electron chi connectivity index (χ2n) is 5.09. The van der Waals surface area contributed by atoms with E-state index in [0.29, 0.717) is 21.5 Å². The van der Waals surface area contributed by atoms with Crippen molar-refractivity contribution in [3.05, 3.63) is 75.1 Å². The number of aromatic nitrogens is 3. The molecular weight excluding hydrogens is 348 g/mol. The van der Waals surface area contributed by atoms with Crippen LogP contribution in [-0.2, 0) is 13.5 Å². The van der Waals surface area contributed by atoms with Crippen LogP contribution in [-0.4, -0.2) is 19.7 Å². The van der Waals surface area contributed by atoms with Crippen molar-refractivity contribution in [2.45, 2.75) is 16.5 Å². The summed E-state index contributed by atoms with van der Waals surface area (Å²) in [4.78, 5) is 11.0. The molecular formula is C16H13ClN4O2S. The van der Waals surface area contributed by atoms with Crippen LogP contribution in [0.2, 0.25) is 5.02 Å². The summed E-state index contributed by atoms with van der Waals surface area (Å²) in [5.41, 5.74) is 1.12. The minimum atomic E-state index is -0.472. The van der Waals surface area contributed by atoms with E-state index in [1.54, 1.807) is 6.07 Å². The molecule has 24 heavy (non-hydrogen) atoms. The molecule has 0 unspecified atom stereocenters. The fourth-order valence-corrected chi connectivity index (χ4v) is 3.25. The van der Waals surface area contributed by atoms with E-state index in [2.05, 4.69) is 10.2 Å². The van der Waals surface area contributed by atoms with Crippen LogP contribution >= 0.6 is 23.4 Å². The largest absolute Gasteiger partial charge is 0.309 e. The van der Waals surface area contributed by atoms with E-state index in [4.69, 9.17) is 11.6 Å². The third kappa shape index (κ3) is 3.58. The quantitative estimate of drug-likeness (QED) is 0.505. The minimum absolute atomic E-state index is 0.0351. The molecule has 0 atom stereocenters. The number of nitro groups is 1. The highest BCUT2D eigenvalue weighted by atomic mass is 35.5. The second-order valence-corrected chi connectivity index (χ2v) is 6.51. The first-order valence-electron chi connectivity index (χ1n) is 7.08. The third-order valence-corrected chi connectivity index (χ3v) is 5.00. The molecule has 1 aromatic heterocycles. The summed E-state index contributed by atoms with van der Waals surface area (Å²) in [7, 11) is 1.89. The number of rotatable bonds is 5. The van der Waals surface area contributed by atoms with Crippen LogP contribution in [0.3, 0.4) is 0 Å². The first-order valence-corrected chi connectivity index (χ1v) is 8.28. The van der Waals surface area contributed by atoms with E-state index in [1.807, 2.05) is 41.9 Å². The van der Waals surface area contributed by atoms with Gasteiger partial charge in [0.1, 0.15) is 5.82 Å². The zero-order valence-corrected chi connectivity index (χ0v) is 14.3. The molecule has 0 N–H and O–H groups in total. The maximum Gasteiger partial charge on any atom is 0.270 e. The average molecular weight is 361 g/mol. The lowest BCUT2D eigenvalue weighted by atomic mass is 10.1. The van der Waals surface area contributed by atoms with E-state index in [9.17, 15) is 10.1 Å². The van der Waals surface area contributed by atoms with Gasteiger partial charge < -0.3 is 4.57 Å². The highest BCUT2D eigenvalue weighted by molar-refractivity contribution is 7.99. The van der Waals surface area contributed by atoms with E-state index in [0.717, 1.165) is 11.4 Å². The molecule has 3 rings (SSSR count). The summed E-state index contributed by atoms with van der Waals surface area (Å²) in [6.07, 6.45) is 0.679. The lowest BCUT2D eigenvalue weighted by molar-refractivity contribution is -0.384. The fourth-order valence-electron chi connectivity index (χ4n) is 2.15. The van der Waals surface area contributed by atoms with Gasteiger partial charge in [-0.05, 0) is 23.4 Å². The zero-order valence-electron chi connectivity index (χ0n) is 12.7. The summed E-state index contributed by atoms with van der Waals surface area (Å²) in [6.45, 7) is 0. The van der Waals surface area contributed by atoms with Gasteiger partial charge in [-0.25, -0.2) is 0 Å². The molecule has 3 aromatic rings. The van der Waals surface area contributed by atoms with E-state index in [-0.39, 0.29) is 5.69 Å². The van der Waals surface area contributed by atoms with Crippen LogP contribution in [0.15, 0.2) is 58.6 Å². The summed E-state index contributed by atoms with van der Waals surface area (Å²) in [5, 5.41) is 20.2. The molecule has 6 nitrogen and oxygen atoms in total. The predicted molar refractivity (Wildman–Crippen MR) is 92.5 cm³/mol. The topological polar surface area (TPSA) is 73.8 Å². The Morgan fingerprint density at radius 1 is 1.21 bits per heavy atom. The molecule has 0 aliphatic carbocycles. The number of nitro benzene ring substituents is 1. The Hall–Kier alpha value is -2.38. The zero-order chi connectivity index (χ0) is 17.1. The van der Waals surface area contributed by atoms with Crippen molar-refractivity contribution in [1.29, 1.82) is 0 Å². The summed E-state index contributed by atoms with van der Waals surface area (Å²) in [6, 6.07) is 14.4. The summed E-state index contributed by atoms with van der Waals surface area (Å²) in [5.74, 6) is 0.835. The molecule has 1 heterocycles. The Labute approximate surface area is 147 Å². The molecule has 0 saturated carbocycles. The molecule has 0 fully saturated rings. The third-order valence-electron chi connectivity index (χ3n) is 3.46. The van der Waals surface area contributed by atoms with Crippen molar-refractivity contribution < 1.29 is 4.92 Å². The Balaban J connectivity index is 1.80. The number of nitrogens with zero attached hydrogens (tertiary/aromatic N) is 4. The normalized spacial score (nSPS) is 10.8. The van der Waals surface area contributed by atoms with Crippen LogP contribution in [0.1, 0.15) is 11.4 Å². The van der Waals surface area contributed by atoms with Crippen molar-refractivity contribution in [3.63, 3.8) is 0 Å². The van der Waals surface area contributed by atoms with Crippen molar-refractivity contribution in [1.82, 2.24) is 14.8 Å². The predicted octanol–water partition coefficient (Wildman–Crippen LogP) is 4.12. The summed E-state index contributed by atoms with van der Waals surface area (Å²) >= 11 is 7.46. The standard InChI is InChI=1S/C16H13ClN4O2S/c1-20-15(9-11-5-3-2-4-6-11)18-19-16(20)24-14-8-7-12(21(22)23)10-13(14)17/h2-8,10H,9H2,1H3. The van der Waals surface area contributed by atoms with Gasteiger partial charge in [-0.1, -0.05) is 41.9 Å². The summed E-state index contributed by atoms with van der Waals surface area (Å²) < 4.78 is 1.90. The van der Waals surface area contributed by atoms with Crippen LogP contribution in [0, 0.1) is 10.1 Å². The van der Waals surface area contributed by atoms with Gasteiger partial charge in [0.15, 0.2) is 5.16 Å².